The van der Waals surface area contributed by atoms with Crippen LogP contribution in [-0.4, -0.2) is 48.6 Å². The molecule has 2 aliphatic heterocycles. The molecule has 4 nitrogen and oxygen atoms in total. The summed E-state index contributed by atoms with van der Waals surface area (Å²) >= 11 is 0. The summed E-state index contributed by atoms with van der Waals surface area (Å²) in [6.45, 7) is 2.91. The SMILES string of the molecule is O=C(CNC1CC1)NC1CCN2CCCC12. The van der Waals surface area contributed by atoms with Crippen molar-refractivity contribution in [3.63, 3.8) is 0 Å². The van der Waals surface area contributed by atoms with Gasteiger partial charge < -0.3 is 10.6 Å². The number of rotatable bonds is 4. The number of hydrogen-bond acceptors (Lipinski definition) is 3. The predicted molar refractivity (Wildman–Crippen MR) is 62.2 cm³/mol. The topological polar surface area (TPSA) is 44.4 Å². The Hall–Kier alpha value is -0.610. The van der Waals surface area contributed by atoms with E-state index >= 15 is 0 Å². The van der Waals surface area contributed by atoms with Gasteiger partial charge in [-0.05, 0) is 38.6 Å². The number of fused-ring (bicyclic) bond motifs is 1. The van der Waals surface area contributed by atoms with E-state index in [4.69, 9.17) is 0 Å². The summed E-state index contributed by atoms with van der Waals surface area (Å²) in [4.78, 5) is 14.3. The highest BCUT2D eigenvalue weighted by molar-refractivity contribution is 5.78. The third kappa shape index (κ3) is 2.23. The second-order valence-electron chi connectivity index (χ2n) is 5.36. The summed E-state index contributed by atoms with van der Waals surface area (Å²) in [5.74, 6) is 0.186. The summed E-state index contributed by atoms with van der Waals surface area (Å²) in [6, 6.07) is 1.66. The zero-order valence-electron chi connectivity index (χ0n) is 9.74. The van der Waals surface area contributed by atoms with Crippen LogP contribution >= 0.6 is 0 Å². The van der Waals surface area contributed by atoms with Crippen molar-refractivity contribution in [2.24, 2.45) is 0 Å². The fourth-order valence-electron chi connectivity index (χ4n) is 3.03. The van der Waals surface area contributed by atoms with Gasteiger partial charge >= 0.3 is 0 Å². The molecule has 3 rings (SSSR count). The van der Waals surface area contributed by atoms with Gasteiger partial charge in [0.2, 0.25) is 5.91 Å². The van der Waals surface area contributed by atoms with Gasteiger partial charge in [0.15, 0.2) is 0 Å². The lowest BCUT2D eigenvalue weighted by Crippen LogP contribution is -2.45. The summed E-state index contributed by atoms with van der Waals surface area (Å²) in [5.41, 5.74) is 0. The maximum absolute atomic E-state index is 11.7. The van der Waals surface area contributed by atoms with Gasteiger partial charge in [0, 0.05) is 24.7 Å². The van der Waals surface area contributed by atoms with Gasteiger partial charge in [0.05, 0.1) is 6.54 Å². The Balaban J connectivity index is 1.44. The van der Waals surface area contributed by atoms with Crippen LogP contribution in [0, 0.1) is 0 Å². The lowest BCUT2D eigenvalue weighted by atomic mass is 10.1. The first-order valence-electron chi connectivity index (χ1n) is 6.60. The fraction of sp³-hybridized carbons (Fsp3) is 0.917. The fourth-order valence-corrected chi connectivity index (χ4v) is 3.03. The Morgan fingerprint density at radius 3 is 2.88 bits per heavy atom. The number of amides is 1. The molecular weight excluding hydrogens is 202 g/mol. The first-order chi connectivity index (χ1) is 7.83. The van der Waals surface area contributed by atoms with Gasteiger partial charge in [-0.1, -0.05) is 0 Å². The minimum Gasteiger partial charge on any atom is -0.351 e. The van der Waals surface area contributed by atoms with E-state index in [0.29, 0.717) is 24.7 Å². The smallest absolute Gasteiger partial charge is 0.234 e. The number of carbonyl (C=O) groups is 1. The van der Waals surface area contributed by atoms with Crippen molar-refractivity contribution in [1.29, 1.82) is 0 Å². The number of nitrogens with zero attached hydrogens (tertiary/aromatic N) is 1. The number of hydrogen-bond donors (Lipinski definition) is 2. The maximum Gasteiger partial charge on any atom is 0.234 e. The molecule has 2 saturated heterocycles. The average molecular weight is 223 g/mol. The van der Waals surface area contributed by atoms with Crippen molar-refractivity contribution in [1.82, 2.24) is 15.5 Å². The maximum atomic E-state index is 11.7. The molecule has 0 aromatic carbocycles. The summed E-state index contributed by atoms with van der Waals surface area (Å²) in [6.07, 6.45) is 6.19. The van der Waals surface area contributed by atoms with Crippen LogP contribution < -0.4 is 10.6 Å². The van der Waals surface area contributed by atoms with Crippen LogP contribution in [-0.2, 0) is 4.79 Å². The van der Waals surface area contributed by atoms with Gasteiger partial charge in [0.1, 0.15) is 0 Å². The molecule has 2 atom stereocenters. The standard InChI is InChI=1S/C12H21N3O/c16-12(8-13-9-3-4-9)14-10-5-7-15-6-1-2-11(10)15/h9-11,13H,1-8H2,(H,14,16). The number of carbonyl (C=O) groups excluding carboxylic acids is 1. The molecule has 1 saturated carbocycles. The average Bonchev–Trinajstić information content (AvgIpc) is 2.85. The predicted octanol–water partition coefficient (Wildman–Crippen LogP) is 0.0913. The molecule has 0 spiro atoms. The summed E-state index contributed by atoms with van der Waals surface area (Å²) in [7, 11) is 0. The molecule has 2 unspecified atom stereocenters. The molecule has 0 aromatic rings. The monoisotopic (exact) mass is 223 g/mol. The van der Waals surface area contributed by atoms with E-state index in [1.54, 1.807) is 0 Å². The molecule has 3 fully saturated rings. The molecule has 16 heavy (non-hydrogen) atoms. The molecular formula is C12H21N3O. The zero-order chi connectivity index (χ0) is 11.0. The van der Waals surface area contributed by atoms with Crippen LogP contribution in [0.2, 0.25) is 0 Å². The Kier molecular flexibility index (Phi) is 2.86. The van der Waals surface area contributed by atoms with E-state index in [0.717, 1.165) is 6.42 Å². The lowest BCUT2D eigenvalue weighted by Gasteiger charge is -2.21. The van der Waals surface area contributed by atoms with Gasteiger partial charge in [-0.15, -0.1) is 0 Å². The third-order valence-electron chi connectivity index (χ3n) is 4.08. The van der Waals surface area contributed by atoms with E-state index in [1.807, 2.05) is 0 Å². The highest BCUT2D eigenvalue weighted by atomic mass is 16.2. The van der Waals surface area contributed by atoms with Crippen LogP contribution in [0.25, 0.3) is 0 Å². The van der Waals surface area contributed by atoms with Gasteiger partial charge in [0.25, 0.3) is 0 Å². The first-order valence-corrected chi connectivity index (χ1v) is 6.60. The number of nitrogens with one attached hydrogen (secondary N) is 2. The lowest BCUT2D eigenvalue weighted by molar-refractivity contribution is -0.121. The van der Waals surface area contributed by atoms with Crippen LogP contribution in [0.4, 0.5) is 0 Å². The molecule has 1 amide bonds. The summed E-state index contributed by atoms with van der Waals surface area (Å²) < 4.78 is 0. The van der Waals surface area contributed by atoms with Crippen molar-refractivity contribution in [3.8, 4) is 0 Å². The Morgan fingerprint density at radius 1 is 1.19 bits per heavy atom. The van der Waals surface area contributed by atoms with Gasteiger partial charge in [-0.25, -0.2) is 0 Å². The Labute approximate surface area is 96.8 Å². The zero-order valence-corrected chi connectivity index (χ0v) is 9.74. The van der Waals surface area contributed by atoms with Crippen LogP contribution in [0.15, 0.2) is 0 Å². The van der Waals surface area contributed by atoms with Crippen LogP contribution in [0.5, 0.6) is 0 Å². The van der Waals surface area contributed by atoms with Crippen LogP contribution in [0.3, 0.4) is 0 Å². The van der Waals surface area contributed by atoms with Crippen molar-refractivity contribution in [2.75, 3.05) is 19.6 Å². The van der Waals surface area contributed by atoms with E-state index in [1.165, 1.54) is 38.8 Å². The quantitative estimate of drug-likeness (QED) is 0.710. The highest BCUT2D eigenvalue weighted by Gasteiger charge is 2.37. The van der Waals surface area contributed by atoms with Gasteiger partial charge in [-0.2, -0.15) is 0 Å². The molecule has 1 aliphatic carbocycles. The van der Waals surface area contributed by atoms with Gasteiger partial charge in [-0.3, -0.25) is 9.69 Å². The molecule has 0 radical (unpaired) electrons. The van der Waals surface area contributed by atoms with Crippen molar-refractivity contribution in [3.05, 3.63) is 0 Å². The second-order valence-corrected chi connectivity index (χ2v) is 5.36. The minimum atomic E-state index is 0.186. The molecule has 4 heteroatoms. The first kappa shape index (κ1) is 10.5. The van der Waals surface area contributed by atoms with E-state index < -0.39 is 0 Å². The normalized spacial score (nSPS) is 34.0. The molecule has 0 aromatic heterocycles. The van der Waals surface area contributed by atoms with Crippen LogP contribution in [0.1, 0.15) is 32.1 Å². The van der Waals surface area contributed by atoms with E-state index in [-0.39, 0.29) is 5.91 Å². The molecule has 3 aliphatic rings. The minimum absolute atomic E-state index is 0.186. The molecule has 90 valence electrons. The Morgan fingerprint density at radius 2 is 2.06 bits per heavy atom. The largest absolute Gasteiger partial charge is 0.351 e. The van der Waals surface area contributed by atoms with Crippen molar-refractivity contribution < 1.29 is 4.79 Å². The summed E-state index contributed by atoms with van der Waals surface area (Å²) in [5, 5.41) is 6.45. The molecule has 2 heterocycles. The van der Waals surface area contributed by atoms with E-state index in [9.17, 15) is 4.79 Å². The Bertz CT molecular complexity index is 277. The van der Waals surface area contributed by atoms with Crippen molar-refractivity contribution >= 4 is 5.91 Å². The highest BCUT2D eigenvalue weighted by Crippen LogP contribution is 2.27. The van der Waals surface area contributed by atoms with E-state index in [2.05, 4.69) is 15.5 Å². The molecule has 2 N–H and O–H groups in total. The van der Waals surface area contributed by atoms with Crippen molar-refractivity contribution in [2.45, 2.75) is 50.2 Å². The molecule has 0 bridgehead atoms. The third-order valence-corrected chi connectivity index (χ3v) is 4.08. The second kappa shape index (κ2) is 4.34.